The maximum Gasteiger partial charge on any atom is 0.0474 e. The lowest BCUT2D eigenvalue weighted by atomic mass is 10.1. The van der Waals surface area contributed by atoms with Crippen LogP contribution in [0.25, 0.3) is 0 Å². The van der Waals surface area contributed by atoms with Crippen LogP contribution in [-0.4, -0.2) is 0 Å². The molecule has 5 aromatic rings. The first-order chi connectivity index (χ1) is 17.7. The van der Waals surface area contributed by atoms with Crippen LogP contribution in [0.5, 0.6) is 0 Å². The summed E-state index contributed by atoms with van der Waals surface area (Å²) in [6.07, 6.45) is 0. The van der Waals surface area contributed by atoms with E-state index in [9.17, 15) is 0 Å². The Morgan fingerprint density at radius 3 is 1.03 bits per heavy atom. The Hall–Kier alpha value is -4.01. The number of nitrogens with two attached hydrogens (primary N) is 1. The molecule has 0 aliphatic carbocycles. The van der Waals surface area contributed by atoms with Crippen molar-refractivity contribution in [3.63, 3.8) is 0 Å². The first-order valence-corrected chi connectivity index (χ1v) is 12.6. The van der Waals surface area contributed by atoms with Gasteiger partial charge in [-0.25, -0.2) is 0 Å². The van der Waals surface area contributed by atoms with E-state index in [0.717, 1.165) is 18.8 Å². The summed E-state index contributed by atoms with van der Waals surface area (Å²) in [4.78, 5) is 2.41. The van der Waals surface area contributed by atoms with Gasteiger partial charge in [0.2, 0.25) is 0 Å². The summed E-state index contributed by atoms with van der Waals surface area (Å²) in [6, 6.07) is 51.3. The van der Waals surface area contributed by atoms with Gasteiger partial charge in [-0.3, -0.25) is 0 Å². The van der Waals surface area contributed by atoms with E-state index < -0.39 is 0 Å². The zero-order chi connectivity index (χ0) is 25.3. The van der Waals surface area contributed by atoms with Crippen LogP contribution < -0.4 is 10.6 Å². The Kier molecular flexibility index (Phi) is 18.8. The van der Waals surface area contributed by atoms with E-state index in [-0.39, 0.29) is 22.3 Å². The Morgan fingerprint density at radius 1 is 0.436 bits per heavy atom. The Morgan fingerprint density at radius 2 is 0.744 bits per heavy atom. The highest BCUT2D eigenvalue weighted by molar-refractivity contribution is 6.17. The van der Waals surface area contributed by atoms with Gasteiger partial charge in [-0.15, -0.1) is 11.6 Å². The number of benzene rings is 5. The molecule has 0 aliphatic heterocycles. The number of nitrogens with zero attached hydrogens (tertiary/aromatic N) is 1. The Labute approximate surface area is 242 Å². The number of hydrogen-bond donors (Lipinski definition) is 1. The van der Waals surface area contributed by atoms with Gasteiger partial charge in [0, 0.05) is 30.3 Å². The molecular weight excluding hydrogens is 496 g/mol. The molecule has 5 rings (SSSR count). The molecule has 0 atom stereocenters. The molecule has 0 saturated heterocycles. The third-order valence-corrected chi connectivity index (χ3v) is 5.66. The average Bonchev–Trinajstić information content (AvgIpc) is 2.96. The molecule has 0 saturated carbocycles. The van der Waals surface area contributed by atoms with Gasteiger partial charge in [0.1, 0.15) is 0 Å². The maximum absolute atomic E-state index is 5.53. The molecule has 0 aliphatic rings. The highest BCUT2D eigenvalue weighted by Crippen LogP contribution is 2.19. The lowest BCUT2D eigenvalue weighted by molar-refractivity contribution is 0.800. The van der Waals surface area contributed by atoms with Crippen LogP contribution in [-0.2, 0) is 19.0 Å². The molecule has 5 aromatic carbocycles. The largest absolute Gasteiger partial charge is 0.399 e. The smallest absolute Gasteiger partial charge is 0.0474 e. The third kappa shape index (κ3) is 13.9. The molecule has 2 nitrogen and oxygen atoms in total. The van der Waals surface area contributed by atoms with Gasteiger partial charge in [-0.2, -0.15) is 0 Å². The monoisotopic (exact) mass is 540 g/mol. The van der Waals surface area contributed by atoms with Crippen molar-refractivity contribution >= 4 is 23.0 Å². The van der Waals surface area contributed by atoms with Gasteiger partial charge >= 0.3 is 0 Å². The topological polar surface area (TPSA) is 29.3 Å². The van der Waals surface area contributed by atoms with Gasteiger partial charge in [0.25, 0.3) is 0 Å². The van der Waals surface area contributed by atoms with Crippen LogP contribution in [0.4, 0.5) is 11.4 Å². The molecule has 0 radical (unpaired) electrons. The summed E-state index contributed by atoms with van der Waals surface area (Å²) < 4.78 is 0. The molecule has 0 spiro atoms. The fourth-order valence-electron chi connectivity index (χ4n) is 3.51. The van der Waals surface area contributed by atoms with Crippen molar-refractivity contribution in [3.8, 4) is 0 Å². The van der Waals surface area contributed by atoms with Crippen LogP contribution >= 0.6 is 11.6 Å². The molecule has 3 heteroatoms. The van der Waals surface area contributed by atoms with Crippen LogP contribution in [0, 0.1) is 0 Å². The van der Waals surface area contributed by atoms with Crippen LogP contribution in [0.2, 0.25) is 0 Å². The zero-order valence-electron chi connectivity index (χ0n) is 20.5. The van der Waals surface area contributed by atoms with Crippen LogP contribution in [0.15, 0.2) is 152 Å². The van der Waals surface area contributed by atoms with E-state index in [1.54, 1.807) is 0 Å². The quantitative estimate of drug-likeness (QED) is 0.171. The second kappa shape index (κ2) is 21.0. The van der Waals surface area contributed by atoms with Crippen molar-refractivity contribution in [2.24, 2.45) is 0 Å². The van der Waals surface area contributed by atoms with Crippen molar-refractivity contribution < 1.29 is 0 Å². The molecule has 2 N–H and O–H groups in total. The first-order valence-electron chi connectivity index (χ1n) is 12.0. The van der Waals surface area contributed by atoms with Crippen molar-refractivity contribution in [1.82, 2.24) is 0 Å². The van der Waals surface area contributed by atoms with Gasteiger partial charge in [0.15, 0.2) is 0 Å². The first kappa shape index (κ1) is 35.0. The minimum Gasteiger partial charge on any atom is -0.399 e. The molecule has 0 aromatic heterocycles. The minimum atomic E-state index is 0. The Bertz CT molecular complexity index is 1160. The summed E-state index contributed by atoms with van der Waals surface area (Å²) in [5, 5.41) is 0. The molecule has 0 fully saturated rings. The van der Waals surface area contributed by atoms with E-state index in [2.05, 4.69) is 95.9 Å². The second-order valence-electron chi connectivity index (χ2n) is 8.19. The molecule has 206 valence electrons. The van der Waals surface area contributed by atoms with Gasteiger partial charge in [-0.05, 0) is 41.0 Å². The predicted molar refractivity (Wildman–Crippen MR) is 176 cm³/mol. The Balaban J connectivity index is 0.000000667. The van der Waals surface area contributed by atoms with E-state index in [0.29, 0.717) is 5.88 Å². The molecule has 0 bridgehead atoms. The zero-order valence-corrected chi connectivity index (χ0v) is 21.2. The van der Waals surface area contributed by atoms with Crippen LogP contribution in [0.3, 0.4) is 0 Å². The van der Waals surface area contributed by atoms with Crippen molar-refractivity contribution in [1.29, 1.82) is 0 Å². The lowest BCUT2D eigenvalue weighted by Crippen LogP contribution is -2.21. The van der Waals surface area contributed by atoms with Crippen molar-refractivity contribution in [3.05, 3.63) is 168 Å². The average molecular weight is 541 g/mol. The number of hydrogen-bond acceptors (Lipinski definition) is 2. The van der Waals surface area contributed by atoms with E-state index in [1.807, 2.05) is 60.7 Å². The second-order valence-corrected chi connectivity index (χ2v) is 8.46. The number of alkyl halides is 1. The third-order valence-electron chi connectivity index (χ3n) is 5.35. The summed E-state index contributed by atoms with van der Waals surface area (Å²) in [5.74, 6) is 0.612. The molecule has 39 heavy (non-hydrogen) atoms. The standard InChI is InChI=1S/C20H19N.C7H7Cl.C6H7N.3CH4/c1-4-10-18(11-5-1)16-21(20-14-8-3-9-15-20)17-19-12-6-2-7-13-19;8-6-7-4-2-1-3-5-7;7-6-4-2-1-3-5-6;;;/h1-15H,16-17H2;1-5H,6H2;1-5H,7H2;3*1H4. The normalized spacial score (nSPS) is 8.95. The van der Waals surface area contributed by atoms with Crippen LogP contribution in [0.1, 0.15) is 39.0 Å². The number of rotatable bonds is 6. The number of para-hydroxylation sites is 2. The predicted octanol–water partition coefficient (Wildman–Crippen LogP) is 10.5. The number of anilines is 2. The molecule has 0 heterocycles. The van der Waals surface area contributed by atoms with Crippen molar-refractivity contribution in [2.75, 3.05) is 10.6 Å². The van der Waals surface area contributed by atoms with Crippen molar-refractivity contribution in [2.45, 2.75) is 41.2 Å². The highest BCUT2D eigenvalue weighted by atomic mass is 35.5. The summed E-state index contributed by atoms with van der Waals surface area (Å²) in [6.45, 7) is 1.83. The van der Waals surface area contributed by atoms with E-state index in [4.69, 9.17) is 17.3 Å². The molecule has 0 unspecified atom stereocenters. The highest BCUT2D eigenvalue weighted by Gasteiger charge is 2.07. The summed E-state index contributed by atoms with van der Waals surface area (Å²) in [7, 11) is 0. The van der Waals surface area contributed by atoms with Gasteiger partial charge in [0.05, 0.1) is 0 Å². The van der Waals surface area contributed by atoms with Gasteiger partial charge < -0.3 is 10.6 Å². The van der Waals surface area contributed by atoms with Gasteiger partial charge in [-0.1, -0.05) is 150 Å². The van der Waals surface area contributed by atoms with E-state index >= 15 is 0 Å². The minimum absolute atomic E-state index is 0. The number of nitrogen functional groups attached to an aromatic ring is 1. The number of halogens is 1. The molecule has 0 amide bonds. The lowest BCUT2D eigenvalue weighted by Gasteiger charge is -2.25. The summed E-state index contributed by atoms with van der Waals surface area (Å²) >= 11 is 5.53. The fraction of sp³-hybridized carbons (Fsp3) is 0.167. The fourth-order valence-corrected chi connectivity index (χ4v) is 3.68. The SMILES string of the molecule is C.C.C.ClCc1ccccc1.Nc1ccccc1.c1ccc(CN(Cc2ccccc2)c2ccccc2)cc1. The van der Waals surface area contributed by atoms with E-state index in [1.165, 1.54) is 22.4 Å². The maximum atomic E-state index is 5.53. The summed E-state index contributed by atoms with van der Waals surface area (Å²) in [5.41, 5.74) is 11.3. The molecular formula is C36H45ClN2.